The van der Waals surface area contributed by atoms with Crippen LogP contribution in [0.1, 0.15) is 15.9 Å². The number of carbonyl (C=O) groups excluding carboxylic acids is 1. The lowest BCUT2D eigenvalue weighted by Crippen LogP contribution is -2.54. The smallest absolute Gasteiger partial charge is 0.248 e. The fraction of sp³-hybridized carbons (Fsp3) is 0.200. The van der Waals surface area contributed by atoms with Crippen molar-refractivity contribution in [2.75, 3.05) is 23.3 Å². The second kappa shape index (κ2) is 8.50. The molecule has 1 fully saturated rings. The fourth-order valence-corrected chi connectivity index (χ4v) is 3.08. The monoisotopic (exact) mass is 428 g/mol. The third-order valence-electron chi connectivity index (χ3n) is 4.55. The van der Waals surface area contributed by atoms with Crippen LogP contribution in [0.5, 0.6) is 5.75 Å². The van der Waals surface area contributed by atoms with E-state index in [-0.39, 0.29) is 11.1 Å². The van der Waals surface area contributed by atoms with Gasteiger partial charge in [0.1, 0.15) is 24.0 Å². The molecule has 30 heavy (non-hydrogen) atoms. The molecule has 0 spiro atoms. The van der Waals surface area contributed by atoms with Gasteiger partial charge < -0.3 is 20.7 Å². The number of amides is 1. The maximum atomic E-state index is 13.5. The molecule has 0 aliphatic carbocycles. The van der Waals surface area contributed by atoms with Crippen LogP contribution in [0, 0.1) is 5.82 Å². The van der Waals surface area contributed by atoms with Gasteiger partial charge in [-0.25, -0.2) is 14.4 Å². The molecular weight excluding hydrogens is 411 g/mol. The summed E-state index contributed by atoms with van der Waals surface area (Å²) in [6.45, 7) is 1.56. The molecule has 1 saturated heterocycles. The Morgan fingerprint density at radius 1 is 1.27 bits per heavy atom. The number of carbonyl (C=O) groups is 1. The van der Waals surface area contributed by atoms with E-state index in [1.807, 2.05) is 11.0 Å². The van der Waals surface area contributed by atoms with E-state index < -0.39 is 11.7 Å². The number of hydrogen-bond donors (Lipinski definition) is 2. The van der Waals surface area contributed by atoms with Crippen molar-refractivity contribution in [1.82, 2.24) is 15.0 Å². The average Bonchev–Trinajstić information content (AvgIpc) is 2.72. The van der Waals surface area contributed by atoms with Crippen LogP contribution in [0.15, 0.2) is 48.8 Å². The molecule has 0 radical (unpaired) electrons. The van der Waals surface area contributed by atoms with Crippen LogP contribution in [-0.2, 0) is 6.54 Å². The van der Waals surface area contributed by atoms with Crippen LogP contribution < -0.4 is 20.7 Å². The first-order valence-electron chi connectivity index (χ1n) is 9.16. The van der Waals surface area contributed by atoms with Crippen molar-refractivity contribution in [3.8, 4) is 5.75 Å². The molecule has 0 bridgehead atoms. The summed E-state index contributed by atoms with van der Waals surface area (Å²) in [6.07, 6.45) is 1.32. The number of aromatic nitrogens is 3. The predicted molar refractivity (Wildman–Crippen MR) is 110 cm³/mol. The lowest BCUT2D eigenvalue weighted by Gasteiger charge is -2.38. The van der Waals surface area contributed by atoms with E-state index in [4.69, 9.17) is 22.1 Å². The molecule has 10 heteroatoms. The maximum Gasteiger partial charge on any atom is 0.248 e. The zero-order chi connectivity index (χ0) is 21.1. The molecule has 8 nitrogen and oxygen atoms in total. The Morgan fingerprint density at radius 2 is 2.10 bits per heavy atom. The number of primary amides is 1. The van der Waals surface area contributed by atoms with Gasteiger partial charge in [0.25, 0.3) is 0 Å². The Kier molecular flexibility index (Phi) is 5.62. The molecule has 3 N–H and O–H groups in total. The van der Waals surface area contributed by atoms with Crippen molar-refractivity contribution in [2.45, 2.75) is 12.6 Å². The number of nitrogens with two attached hydrogens (primary N) is 1. The van der Waals surface area contributed by atoms with Crippen LogP contribution >= 0.6 is 11.6 Å². The van der Waals surface area contributed by atoms with Gasteiger partial charge in [-0.1, -0.05) is 23.7 Å². The Bertz CT molecular complexity index is 1080. The van der Waals surface area contributed by atoms with E-state index >= 15 is 0 Å². The summed E-state index contributed by atoms with van der Waals surface area (Å²) in [5.41, 5.74) is 6.62. The van der Waals surface area contributed by atoms with E-state index in [9.17, 15) is 9.18 Å². The third-order valence-corrected chi connectivity index (χ3v) is 4.85. The van der Waals surface area contributed by atoms with Crippen molar-refractivity contribution in [3.63, 3.8) is 0 Å². The Hall–Kier alpha value is -3.46. The second-order valence-electron chi connectivity index (χ2n) is 6.75. The minimum Gasteiger partial charge on any atom is -0.487 e. The molecule has 2 aromatic carbocycles. The standard InChI is InChI=1S/C20H18ClFN6O2/c21-16-5-4-14(7-17(16)22)30-15-9-28(10-15)20-26-11-25-19(27-20)24-8-12-2-1-3-13(6-12)18(23)29/h1-7,11,15H,8-10H2,(H2,23,29)(H,24,25,26,27). The zero-order valence-corrected chi connectivity index (χ0v) is 16.5. The number of halogens is 2. The summed E-state index contributed by atoms with van der Waals surface area (Å²) in [7, 11) is 0. The molecule has 1 amide bonds. The largest absolute Gasteiger partial charge is 0.487 e. The Morgan fingerprint density at radius 3 is 2.87 bits per heavy atom. The molecule has 3 aromatic rings. The van der Waals surface area contributed by atoms with Gasteiger partial charge in [-0.05, 0) is 29.8 Å². The summed E-state index contributed by atoms with van der Waals surface area (Å²) >= 11 is 5.68. The van der Waals surface area contributed by atoms with Gasteiger partial charge in [-0.15, -0.1) is 0 Å². The topological polar surface area (TPSA) is 106 Å². The summed E-state index contributed by atoms with van der Waals surface area (Å²) in [5.74, 6) is 0.363. The summed E-state index contributed by atoms with van der Waals surface area (Å²) < 4.78 is 19.3. The van der Waals surface area contributed by atoms with Gasteiger partial charge in [0, 0.05) is 18.2 Å². The van der Waals surface area contributed by atoms with Gasteiger partial charge in [0.05, 0.1) is 18.1 Å². The molecule has 154 valence electrons. The van der Waals surface area contributed by atoms with Crippen molar-refractivity contribution < 1.29 is 13.9 Å². The quantitative estimate of drug-likeness (QED) is 0.595. The second-order valence-corrected chi connectivity index (χ2v) is 7.16. The molecule has 0 unspecified atom stereocenters. The van der Waals surface area contributed by atoms with Crippen molar-refractivity contribution in [1.29, 1.82) is 0 Å². The summed E-state index contributed by atoms with van der Waals surface area (Å²) in [6, 6.07) is 11.4. The van der Waals surface area contributed by atoms with Gasteiger partial charge >= 0.3 is 0 Å². The normalized spacial score (nSPS) is 13.6. The Balaban J connectivity index is 1.32. The molecule has 1 aliphatic rings. The fourth-order valence-electron chi connectivity index (χ4n) is 2.96. The first-order valence-corrected chi connectivity index (χ1v) is 9.54. The summed E-state index contributed by atoms with van der Waals surface area (Å²) in [4.78, 5) is 25.9. The maximum absolute atomic E-state index is 13.5. The van der Waals surface area contributed by atoms with Crippen LogP contribution in [0.2, 0.25) is 5.02 Å². The van der Waals surface area contributed by atoms with Crippen LogP contribution in [-0.4, -0.2) is 40.1 Å². The lowest BCUT2D eigenvalue weighted by atomic mass is 10.1. The van der Waals surface area contributed by atoms with E-state index in [0.29, 0.717) is 42.8 Å². The van der Waals surface area contributed by atoms with E-state index in [0.717, 1.165) is 5.56 Å². The highest BCUT2D eigenvalue weighted by atomic mass is 35.5. The number of rotatable bonds is 7. The first kappa shape index (κ1) is 19.8. The average molecular weight is 429 g/mol. The molecule has 0 atom stereocenters. The van der Waals surface area contributed by atoms with E-state index in [2.05, 4.69) is 20.3 Å². The molecule has 2 heterocycles. The predicted octanol–water partition coefficient (Wildman–Crippen LogP) is 2.64. The van der Waals surface area contributed by atoms with Crippen molar-refractivity contribution in [3.05, 3.63) is 70.8 Å². The first-order chi connectivity index (χ1) is 14.5. The minimum absolute atomic E-state index is 0.0594. The number of benzene rings is 2. The highest BCUT2D eigenvalue weighted by Crippen LogP contribution is 2.25. The molecule has 4 rings (SSSR count). The molecule has 1 aliphatic heterocycles. The van der Waals surface area contributed by atoms with Crippen LogP contribution in [0.25, 0.3) is 0 Å². The van der Waals surface area contributed by atoms with Crippen molar-refractivity contribution >= 4 is 29.4 Å². The van der Waals surface area contributed by atoms with E-state index in [1.54, 1.807) is 24.3 Å². The van der Waals surface area contributed by atoms with Gasteiger partial charge in [-0.2, -0.15) is 4.98 Å². The number of hydrogen-bond acceptors (Lipinski definition) is 7. The van der Waals surface area contributed by atoms with Gasteiger partial charge in [0.15, 0.2) is 0 Å². The highest BCUT2D eigenvalue weighted by molar-refractivity contribution is 6.30. The van der Waals surface area contributed by atoms with Gasteiger partial charge in [-0.3, -0.25) is 4.79 Å². The lowest BCUT2D eigenvalue weighted by molar-refractivity contribution is 0.1000. The zero-order valence-electron chi connectivity index (χ0n) is 15.8. The van der Waals surface area contributed by atoms with Crippen molar-refractivity contribution in [2.24, 2.45) is 5.73 Å². The molecule has 1 aromatic heterocycles. The molecular formula is C20H18ClFN6O2. The Labute approximate surface area is 176 Å². The van der Waals surface area contributed by atoms with Gasteiger partial charge in [0.2, 0.25) is 17.8 Å². The SMILES string of the molecule is NC(=O)c1cccc(CNc2ncnc(N3CC(Oc4ccc(Cl)c(F)c4)C3)n2)c1. The minimum atomic E-state index is -0.514. The third kappa shape index (κ3) is 4.57. The number of nitrogens with zero attached hydrogens (tertiary/aromatic N) is 4. The number of nitrogens with one attached hydrogen (secondary N) is 1. The summed E-state index contributed by atoms with van der Waals surface area (Å²) in [5, 5.41) is 3.17. The highest BCUT2D eigenvalue weighted by Gasteiger charge is 2.31. The number of anilines is 2. The number of ether oxygens (including phenoxy) is 1. The van der Waals surface area contributed by atoms with E-state index in [1.165, 1.54) is 18.5 Å². The van der Waals surface area contributed by atoms with Crippen LogP contribution in [0.4, 0.5) is 16.3 Å². The van der Waals surface area contributed by atoms with Crippen LogP contribution in [0.3, 0.4) is 0 Å². The molecule has 0 saturated carbocycles.